The van der Waals surface area contributed by atoms with Gasteiger partial charge in [-0.3, -0.25) is 25.0 Å². The van der Waals surface area contributed by atoms with E-state index in [1.54, 1.807) is 0 Å². The summed E-state index contributed by atoms with van der Waals surface area (Å²) in [6.07, 6.45) is 1.24. The first-order chi connectivity index (χ1) is 12.3. The number of phenolic OH excluding ortho intramolecular Hbond substituents is 1. The maximum absolute atomic E-state index is 12.0. The van der Waals surface area contributed by atoms with E-state index in [2.05, 4.69) is 10.5 Å². The predicted molar refractivity (Wildman–Crippen MR) is 89.5 cm³/mol. The highest BCUT2D eigenvalue weighted by Gasteiger charge is 2.19. The number of ether oxygens (including phenoxy) is 1. The van der Waals surface area contributed by atoms with Crippen molar-refractivity contribution in [3.63, 3.8) is 0 Å². The number of hydrazone groups is 1. The molecule has 0 fully saturated rings. The summed E-state index contributed by atoms with van der Waals surface area (Å²) >= 11 is 0. The molecule has 0 bridgehead atoms. The zero-order chi connectivity index (χ0) is 19.3. The fraction of sp³-hybridized carbons (Fsp3) is 0.0667. The lowest BCUT2D eigenvalue weighted by atomic mass is 10.1. The number of phenols is 1. The van der Waals surface area contributed by atoms with Crippen LogP contribution in [0.2, 0.25) is 0 Å². The zero-order valence-corrected chi connectivity index (χ0v) is 13.3. The number of aromatic hydroxyl groups is 1. The molecular formula is C15H12N4O7. The number of nitro groups is 2. The summed E-state index contributed by atoms with van der Waals surface area (Å²) in [4.78, 5) is 32.0. The van der Waals surface area contributed by atoms with Crippen LogP contribution in [0.15, 0.2) is 41.5 Å². The Balaban J connectivity index is 2.19. The molecule has 2 aromatic carbocycles. The third-order valence-corrected chi connectivity index (χ3v) is 3.17. The van der Waals surface area contributed by atoms with Gasteiger partial charge in [-0.1, -0.05) is 0 Å². The minimum absolute atomic E-state index is 0.0717. The summed E-state index contributed by atoms with van der Waals surface area (Å²) < 4.78 is 4.93. The Hall–Kier alpha value is -4.02. The first kappa shape index (κ1) is 18.3. The second-order valence-corrected chi connectivity index (χ2v) is 4.88. The first-order valence-corrected chi connectivity index (χ1v) is 6.96. The Morgan fingerprint density at radius 2 is 1.77 bits per heavy atom. The van der Waals surface area contributed by atoms with E-state index < -0.39 is 27.1 Å². The van der Waals surface area contributed by atoms with E-state index in [4.69, 9.17) is 4.74 Å². The van der Waals surface area contributed by atoms with Gasteiger partial charge in [-0.05, 0) is 23.8 Å². The second kappa shape index (κ2) is 7.70. The van der Waals surface area contributed by atoms with Gasteiger partial charge in [0.1, 0.15) is 0 Å². The lowest BCUT2D eigenvalue weighted by Gasteiger charge is -2.03. The molecule has 11 heteroatoms. The highest BCUT2D eigenvalue weighted by molar-refractivity contribution is 5.96. The van der Waals surface area contributed by atoms with Crippen molar-refractivity contribution in [3.05, 3.63) is 67.8 Å². The van der Waals surface area contributed by atoms with Crippen molar-refractivity contribution in [2.45, 2.75) is 0 Å². The van der Waals surface area contributed by atoms with Crippen LogP contribution in [0.4, 0.5) is 11.4 Å². The van der Waals surface area contributed by atoms with Crippen LogP contribution in [0.1, 0.15) is 15.9 Å². The van der Waals surface area contributed by atoms with Crippen LogP contribution < -0.4 is 10.2 Å². The molecule has 0 aromatic heterocycles. The quantitative estimate of drug-likeness (QED) is 0.453. The summed E-state index contributed by atoms with van der Waals surface area (Å²) in [7, 11) is 1.37. The molecule has 2 N–H and O–H groups in total. The van der Waals surface area contributed by atoms with Gasteiger partial charge in [0.25, 0.3) is 17.3 Å². The smallest absolute Gasteiger partial charge is 0.277 e. The molecule has 0 aliphatic carbocycles. The molecule has 2 aromatic rings. The molecule has 11 nitrogen and oxygen atoms in total. The summed E-state index contributed by atoms with van der Waals surface area (Å²) in [5, 5.41) is 34.8. The van der Waals surface area contributed by atoms with Gasteiger partial charge in [0.15, 0.2) is 11.5 Å². The third-order valence-electron chi connectivity index (χ3n) is 3.17. The van der Waals surface area contributed by atoms with Crippen molar-refractivity contribution >= 4 is 23.5 Å². The monoisotopic (exact) mass is 360 g/mol. The van der Waals surface area contributed by atoms with E-state index in [0.717, 1.165) is 18.2 Å². The van der Waals surface area contributed by atoms with Crippen molar-refractivity contribution < 1.29 is 24.5 Å². The third kappa shape index (κ3) is 4.29. The molecule has 0 saturated heterocycles. The van der Waals surface area contributed by atoms with E-state index in [0.29, 0.717) is 5.56 Å². The predicted octanol–water partition coefficient (Wildman–Crippen LogP) is 1.98. The highest BCUT2D eigenvalue weighted by Crippen LogP contribution is 2.25. The molecule has 134 valence electrons. The summed E-state index contributed by atoms with van der Waals surface area (Å²) in [5.74, 6) is -0.731. The fourth-order valence-electron chi connectivity index (χ4n) is 1.94. The Labute approximate surface area is 145 Å². The molecule has 0 atom stereocenters. The summed E-state index contributed by atoms with van der Waals surface area (Å²) in [5.41, 5.74) is 1.15. The number of benzene rings is 2. The van der Waals surface area contributed by atoms with Crippen molar-refractivity contribution in [1.82, 2.24) is 5.43 Å². The Morgan fingerprint density at radius 3 is 2.31 bits per heavy atom. The number of nitrogens with zero attached hydrogens (tertiary/aromatic N) is 3. The van der Waals surface area contributed by atoms with Crippen LogP contribution in [-0.2, 0) is 0 Å². The van der Waals surface area contributed by atoms with Crippen LogP contribution in [0.3, 0.4) is 0 Å². The molecule has 1 amide bonds. The van der Waals surface area contributed by atoms with Gasteiger partial charge >= 0.3 is 0 Å². The van der Waals surface area contributed by atoms with Crippen LogP contribution in [0.5, 0.6) is 11.5 Å². The number of nitro benzene ring substituents is 2. The van der Waals surface area contributed by atoms with E-state index in [-0.39, 0.29) is 17.1 Å². The van der Waals surface area contributed by atoms with Crippen molar-refractivity contribution in [2.24, 2.45) is 5.10 Å². The minimum Gasteiger partial charge on any atom is -0.504 e. The van der Waals surface area contributed by atoms with Gasteiger partial charge in [0.2, 0.25) is 0 Å². The molecule has 0 saturated carbocycles. The van der Waals surface area contributed by atoms with E-state index in [1.165, 1.54) is 31.5 Å². The standard InChI is InChI=1S/C15H12N4O7/c1-26-14-4-9(2-3-13(14)20)8-16-17-15(21)10-5-11(18(22)23)7-12(6-10)19(24)25/h2-8,20H,1H3,(H,17,21)/b16-8-. The molecule has 2 rings (SSSR count). The average Bonchev–Trinajstić information content (AvgIpc) is 2.62. The lowest BCUT2D eigenvalue weighted by Crippen LogP contribution is -2.18. The van der Waals surface area contributed by atoms with Crippen LogP contribution >= 0.6 is 0 Å². The maximum Gasteiger partial charge on any atom is 0.277 e. The summed E-state index contributed by atoms with van der Waals surface area (Å²) in [6.45, 7) is 0. The van der Waals surface area contributed by atoms with Gasteiger partial charge in [0.05, 0.1) is 34.8 Å². The van der Waals surface area contributed by atoms with E-state index >= 15 is 0 Å². The maximum atomic E-state index is 12.0. The number of nitrogens with one attached hydrogen (secondary N) is 1. The number of hydrogen-bond acceptors (Lipinski definition) is 8. The number of rotatable bonds is 6. The molecule has 0 heterocycles. The second-order valence-electron chi connectivity index (χ2n) is 4.88. The SMILES string of the molecule is COc1cc(/C=N\NC(=O)c2cc([N+](=O)[O-])cc([N+](=O)[O-])c2)ccc1O. The zero-order valence-electron chi connectivity index (χ0n) is 13.3. The first-order valence-electron chi connectivity index (χ1n) is 6.96. The molecule has 0 spiro atoms. The van der Waals surface area contributed by atoms with Crippen LogP contribution in [0.25, 0.3) is 0 Å². The van der Waals surface area contributed by atoms with Gasteiger partial charge in [-0.2, -0.15) is 5.10 Å². The van der Waals surface area contributed by atoms with Crippen molar-refractivity contribution in [3.8, 4) is 11.5 Å². The molecule has 0 unspecified atom stereocenters. The molecule has 26 heavy (non-hydrogen) atoms. The Kier molecular flexibility index (Phi) is 5.43. The van der Waals surface area contributed by atoms with E-state index in [9.17, 15) is 30.1 Å². The Morgan fingerprint density at radius 1 is 1.15 bits per heavy atom. The van der Waals surface area contributed by atoms with Gasteiger partial charge in [-0.15, -0.1) is 0 Å². The minimum atomic E-state index is -0.862. The number of amides is 1. The van der Waals surface area contributed by atoms with Crippen LogP contribution in [-0.4, -0.2) is 34.2 Å². The van der Waals surface area contributed by atoms with Gasteiger partial charge in [-0.25, -0.2) is 5.43 Å². The summed E-state index contributed by atoms with van der Waals surface area (Å²) in [6, 6.07) is 6.90. The van der Waals surface area contributed by atoms with E-state index in [1.807, 2.05) is 0 Å². The van der Waals surface area contributed by atoms with Gasteiger partial charge < -0.3 is 9.84 Å². The number of hydrogen-bond donors (Lipinski definition) is 2. The Bertz CT molecular complexity index is 879. The average molecular weight is 360 g/mol. The molecular weight excluding hydrogens is 348 g/mol. The number of methoxy groups -OCH3 is 1. The fourth-order valence-corrected chi connectivity index (χ4v) is 1.94. The van der Waals surface area contributed by atoms with Crippen molar-refractivity contribution in [2.75, 3.05) is 7.11 Å². The molecule has 0 radical (unpaired) electrons. The number of carbonyl (C=O) groups excluding carboxylic acids is 1. The lowest BCUT2D eigenvalue weighted by molar-refractivity contribution is -0.394. The topological polar surface area (TPSA) is 157 Å². The normalized spacial score (nSPS) is 10.5. The largest absolute Gasteiger partial charge is 0.504 e. The van der Waals surface area contributed by atoms with Gasteiger partial charge in [0, 0.05) is 12.1 Å². The van der Waals surface area contributed by atoms with Crippen LogP contribution in [0, 0.1) is 20.2 Å². The number of carbonyl (C=O) groups is 1. The van der Waals surface area contributed by atoms with Crippen molar-refractivity contribution in [1.29, 1.82) is 0 Å². The number of non-ortho nitro benzene ring substituents is 2. The molecule has 0 aliphatic rings. The highest BCUT2D eigenvalue weighted by atomic mass is 16.6. The molecule has 0 aliphatic heterocycles.